The van der Waals surface area contributed by atoms with E-state index in [4.69, 9.17) is 0 Å². The number of ketones is 1. The van der Waals surface area contributed by atoms with Crippen LogP contribution in [0.25, 0.3) is 5.13 Å². The summed E-state index contributed by atoms with van der Waals surface area (Å²) in [4.78, 5) is 17.0. The maximum absolute atomic E-state index is 12.5. The predicted molar refractivity (Wildman–Crippen MR) is 90.6 cm³/mol. The van der Waals surface area contributed by atoms with Gasteiger partial charge in [0.25, 0.3) is 0 Å². The lowest BCUT2D eigenvalue weighted by Crippen LogP contribution is -2.05. The van der Waals surface area contributed by atoms with Crippen molar-refractivity contribution in [1.82, 2.24) is 19.7 Å². The van der Waals surface area contributed by atoms with Crippen molar-refractivity contribution in [1.29, 1.82) is 0 Å². The molecule has 0 aliphatic carbocycles. The van der Waals surface area contributed by atoms with E-state index in [0.717, 1.165) is 32.1 Å². The van der Waals surface area contributed by atoms with Crippen LogP contribution in [0.4, 0.5) is 0 Å². The summed E-state index contributed by atoms with van der Waals surface area (Å²) in [6, 6.07) is 1.94. The maximum Gasteiger partial charge on any atom is 0.194 e. The van der Waals surface area contributed by atoms with Gasteiger partial charge in [-0.2, -0.15) is 0 Å². The lowest BCUT2D eigenvalue weighted by molar-refractivity contribution is 0.102. The molecular weight excluding hydrogens is 336 g/mol. The molecule has 3 rings (SSSR count). The molecule has 0 fully saturated rings. The van der Waals surface area contributed by atoms with E-state index in [1.807, 2.05) is 36.8 Å². The Balaban J connectivity index is 1.84. The van der Waals surface area contributed by atoms with Gasteiger partial charge in [-0.15, -0.1) is 21.5 Å². The van der Waals surface area contributed by atoms with E-state index in [1.54, 1.807) is 16.8 Å². The van der Waals surface area contributed by atoms with Gasteiger partial charge in [0.15, 0.2) is 15.3 Å². The molecule has 0 radical (unpaired) electrons. The topological polar surface area (TPSA) is 60.7 Å². The van der Waals surface area contributed by atoms with Crippen LogP contribution < -0.4 is 0 Å². The molecule has 0 bridgehead atoms. The number of aromatic nitrogens is 4. The second kappa shape index (κ2) is 6.31. The summed E-state index contributed by atoms with van der Waals surface area (Å²) < 4.78 is 2.86. The van der Waals surface area contributed by atoms with Crippen molar-refractivity contribution in [3.63, 3.8) is 0 Å². The van der Waals surface area contributed by atoms with E-state index in [-0.39, 0.29) is 5.78 Å². The van der Waals surface area contributed by atoms with Crippen LogP contribution >= 0.6 is 34.4 Å². The van der Waals surface area contributed by atoms with Gasteiger partial charge < -0.3 is 0 Å². The van der Waals surface area contributed by atoms with Crippen LogP contribution in [-0.4, -0.2) is 31.3 Å². The Bertz CT molecular complexity index is 804. The summed E-state index contributed by atoms with van der Waals surface area (Å²) in [5.74, 6) is 0.476. The average Bonchev–Trinajstić information content (AvgIpc) is 3.18. The normalized spacial score (nSPS) is 11.0. The summed E-state index contributed by atoms with van der Waals surface area (Å²) in [5.41, 5.74) is 5.38. The Morgan fingerprint density at radius 2 is 2.14 bits per heavy atom. The lowest BCUT2D eigenvalue weighted by Gasteiger charge is -2.05. The van der Waals surface area contributed by atoms with Gasteiger partial charge in [0, 0.05) is 22.3 Å². The van der Waals surface area contributed by atoms with Crippen molar-refractivity contribution in [3.05, 3.63) is 39.6 Å². The van der Waals surface area contributed by atoms with Gasteiger partial charge in [0.2, 0.25) is 0 Å². The van der Waals surface area contributed by atoms with Gasteiger partial charge in [-0.1, -0.05) is 23.1 Å². The van der Waals surface area contributed by atoms with E-state index >= 15 is 0 Å². The maximum atomic E-state index is 12.5. The quantitative estimate of drug-likeness (QED) is 0.519. The highest BCUT2D eigenvalue weighted by atomic mass is 32.2. The lowest BCUT2D eigenvalue weighted by atomic mass is 10.2. The number of thioether (sulfide) groups is 1. The Morgan fingerprint density at radius 1 is 1.32 bits per heavy atom. The predicted octanol–water partition coefficient (Wildman–Crippen LogP) is 3.69. The summed E-state index contributed by atoms with van der Waals surface area (Å²) in [5, 5.41) is 10.6. The van der Waals surface area contributed by atoms with Crippen LogP contribution in [0.3, 0.4) is 0 Å². The van der Waals surface area contributed by atoms with Gasteiger partial charge >= 0.3 is 0 Å². The summed E-state index contributed by atoms with van der Waals surface area (Å²) in [7, 11) is 0. The first-order valence-electron chi connectivity index (χ1n) is 6.60. The highest BCUT2D eigenvalue weighted by Crippen LogP contribution is 2.26. The number of thiazole rings is 1. The number of Topliss-reactive ketones (excluding diaryl/α,β-unsaturated/α-hetero) is 1. The molecule has 0 atom stereocenters. The average molecular weight is 350 g/mol. The molecule has 0 N–H and O–H groups in total. The third kappa shape index (κ3) is 2.99. The zero-order valence-corrected chi connectivity index (χ0v) is 14.8. The first kappa shape index (κ1) is 15.4. The number of hydrogen-bond donors (Lipinski definition) is 0. The van der Waals surface area contributed by atoms with E-state index in [1.165, 1.54) is 23.1 Å². The van der Waals surface area contributed by atoms with E-state index in [0.29, 0.717) is 5.75 Å². The van der Waals surface area contributed by atoms with Crippen LogP contribution in [0.2, 0.25) is 0 Å². The van der Waals surface area contributed by atoms with Crippen molar-refractivity contribution in [3.8, 4) is 5.13 Å². The number of nitrogens with zero attached hydrogens (tertiary/aromatic N) is 4. The molecule has 0 spiro atoms. The zero-order valence-electron chi connectivity index (χ0n) is 12.4. The Labute approximate surface area is 140 Å². The second-order valence-electron chi connectivity index (χ2n) is 4.81. The van der Waals surface area contributed by atoms with Gasteiger partial charge in [-0.3, -0.25) is 9.36 Å². The summed E-state index contributed by atoms with van der Waals surface area (Å²) in [6.07, 6.45) is 0. The minimum atomic E-state index is 0.104. The van der Waals surface area contributed by atoms with Gasteiger partial charge in [-0.05, 0) is 26.8 Å². The van der Waals surface area contributed by atoms with E-state index in [2.05, 4.69) is 15.2 Å². The van der Waals surface area contributed by atoms with Crippen molar-refractivity contribution in [2.24, 2.45) is 0 Å². The Morgan fingerprint density at radius 3 is 2.77 bits per heavy atom. The fourth-order valence-electron chi connectivity index (χ4n) is 2.21. The van der Waals surface area contributed by atoms with Crippen LogP contribution in [-0.2, 0) is 0 Å². The number of aryl methyl sites for hydroxylation is 2. The van der Waals surface area contributed by atoms with Gasteiger partial charge in [-0.25, -0.2) is 4.98 Å². The SMILES string of the molecule is Cc1csc(-n2c(C)cc(C(=O)CSc3nncs3)c2C)n1. The minimum Gasteiger partial charge on any atom is -0.294 e. The molecule has 3 aromatic rings. The van der Waals surface area contributed by atoms with Crippen molar-refractivity contribution in [2.45, 2.75) is 25.1 Å². The van der Waals surface area contributed by atoms with E-state index in [9.17, 15) is 4.79 Å². The molecule has 0 saturated carbocycles. The molecule has 0 unspecified atom stereocenters. The molecule has 0 saturated heterocycles. The monoisotopic (exact) mass is 350 g/mol. The first-order chi connectivity index (χ1) is 10.6. The number of hydrogen-bond acceptors (Lipinski definition) is 7. The molecule has 0 aliphatic heterocycles. The summed E-state index contributed by atoms with van der Waals surface area (Å²) in [6.45, 7) is 5.93. The molecular formula is C14H14N4OS3. The van der Waals surface area contributed by atoms with Crippen molar-refractivity contribution >= 4 is 40.2 Å². The molecule has 3 heterocycles. The molecule has 0 aliphatic rings. The summed E-state index contributed by atoms with van der Waals surface area (Å²) >= 11 is 4.46. The number of rotatable bonds is 5. The third-order valence-corrected chi connectivity index (χ3v) is 6.00. The molecule has 22 heavy (non-hydrogen) atoms. The van der Waals surface area contributed by atoms with Crippen molar-refractivity contribution in [2.75, 3.05) is 5.75 Å². The zero-order chi connectivity index (χ0) is 15.7. The molecule has 8 heteroatoms. The fourth-order valence-corrected chi connectivity index (χ4v) is 4.50. The minimum absolute atomic E-state index is 0.104. The third-order valence-electron chi connectivity index (χ3n) is 3.20. The largest absolute Gasteiger partial charge is 0.294 e. The van der Waals surface area contributed by atoms with Crippen LogP contribution in [0, 0.1) is 20.8 Å². The number of carbonyl (C=O) groups is 1. The van der Waals surface area contributed by atoms with Crippen LogP contribution in [0.1, 0.15) is 27.4 Å². The molecule has 114 valence electrons. The van der Waals surface area contributed by atoms with Crippen LogP contribution in [0.15, 0.2) is 21.3 Å². The smallest absolute Gasteiger partial charge is 0.194 e. The number of carbonyl (C=O) groups excluding carboxylic acids is 1. The molecule has 3 aromatic heterocycles. The second-order valence-corrected chi connectivity index (χ2v) is 7.70. The highest BCUT2D eigenvalue weighted by Gasteiger charge is 2.18. The van der Waals surface area contributed by atoms with E-state index < -0.39 is 0 Å². The van der Waals surface area contributed by atoms with Gasteiger partial charge in [0.1, 0.15) is 5.51 Å². The van der Waals surface area contributed by atoms with Gasteiger partial charge in [0.05, 0.1) is 11.4 Å². The van der Waals surface area contributed by atoms with Crippen LogP contribution in [0.5, 0.6) is 0 Å². The first-order valence-corrected chi connectivity index (χ1v) is 9.34. The molecule has 5 nitrogen and oxygen atoms in total. The molecule has 0 amide bonds. The Kier molecular flexibility index (Phi) is 4.42. The highest BCUT2D eigenvalue weighted by molar-refractivity contribution is 8.01. The molecule has 0 aromatic carbocycles. The fraction of sp³-hybridized carbons (Fsp3) is 0.286. The Hall–Kier alpha value is -1.51. The standard InChI is InChI=1S/C14H14N4OS3/c1-8-5-20-13(16-8)18-9(2)4-11(10(18)3)12(19)6-21-14-17-15-7-22-14/h4-5,7H,6H2,1-3H3. The van der Waals surface area contributed by atoms with Crippen molar-refractivity contribution < 1.29 is 4.79 Å².